The molecule has 2 aliphatic heterocycles. The normalized spacial score (nSPS) is 17.7. The Labute approximate surface area is 168 Å². The molecular weight excluding hydrogens is 370 g/mol. The number of aryl methyl sites for hydroxylation is 2. The van der Waals surface area contributed by atoms with E-state index in [4.69, 9.17) is 0 Å². The minimum Gasteiger partial charge on any atom is -0.277 e. The van der Waals surface area contributed by atoms with Crippen molar-refractivity contribution in [3.05, 3.63) is 69.8 Å². The van der Waals surface area contributed by atoms with E-state index in [1.54, 1.807) is 64.1 Å². The van der Waals surface area contributed by atoms with Crippen LogP contribution in [-0.2, 0) is 0 Å². The molecule has 2 aromatic carbocycles. The largest absolute Gasteiger partial charge is 0.277 e. The van der Waals surface area contributed by atoms with Crippen molar-refractivity contribution in [1.29, 1.82) is 0 Å². The van der Waals surface area contributed by atoms with Crippen LogP contribution in [0.15, 0.2) is 36.4 Å². The molecule has 0 radical (unpaired) electrons. The Hall–Kier alpha value is -3.32. The highest BCUT2D eigenvalue weighted by Crippen LogP contribution is 2.29. The number of rotatable bonds is 4. The molecule has 2 heterocycles. The van der Waals surface area contributed by atoms with Gasteiger partial charge >= 0.3 is 0 Å². The molecule has 0 aromatic heterocycles. The standard InChI is InChI=1S/C22H21N3O4/c1-11-7-5-9-15-17(11)21(28)24(19(15)26)13(3)23-14(4)25-20(27)16-10-6-8-12(2)18(16)22(25)29/h5-10,13-14,23H,1-4H3. The lowest BCUT2D eigenvalue weighted by molar-refractivity contribution is 0.0468. The van der Waals surface area contributed by atoms with E-state index in [1.165, 1.54) is 0 Å². The van der Waals surface area contributed by atoms with Gasteiger partial charge in [0, 0.05) is 0 Å². The molecule has 7 heteroatoms. The van der Waals surface area contributed by atoms with Crippen molar-refractivity contribution in [1.82, 2.24) is 15.1 Å². The van der Waals surface area contributed by atoms with Gasteiger partial charge in [-0.2, -0.15) is 0 Å². The number of nitrogens with one attached hydrogen (secondary N) is 1. The third-order valence-corrected chi connectivity index (χ3v) is 5.57. The van der Waals surface area contributed by atoms with Gasteiger partial charge in [0.2, 0.25) is 0 Å². The lowest BCUT2D eigenvalue weighted by atomic mass is 10.0. The molecule has 2 unspecified atom stereocenters. The summed E-state index contributed by atoms with van der Waals surface area (Å²) in [7, 11) is 0. The van der Waals surface area contributed by atoms with Crippen molar-refractivity contribution in [2.75, 3.05) is 0 Å². The van der Waals surface area contributed by atoms with Gasteiger partial charge in [0.25, 0.3) is 23.6 Å². The third-order valence-electron chi connectivity index (χ3n) is 5.57. The number of nitrogens with zero attached hydrogens (tertiary/aromatic N) is 2. The molecule has 0 saturated carbocycles. The Bertz CT molecular complexity index is 1010. The van der Waals surface area contributed by atoms with E-state index in [-0.39, 0.29) is 23.6 Å². The van der Waals surface area contributed by atoms with Crippen LogP contribution in [0.1, 0.15) is 66.4 Å². The molecule has 29 heavy (non-hydrogen) atoms. The highest BCUT2D eigenvalue weighted by molar-refractivity contribution is 6.23. The van der Waals surface area contributed by atoms with Crippen LogP contribution in [0, 0.1) is 13.8 Å². The summed E-state index contributed by atoms with van der Waals surface area (Å²) in [5.41, 5.74) is 3.00. The van der Waals surface area contributed by atoms with E-state index >= 15 is 0 Å². The summed E-state index contributed by atoms with van der Waals surface area (Å²) in [5.74, 6) is -1.54. The fraction of sp³-hybridized carbons (Fsp3) is 0.273. The van der Waals surface area contributed by atoms with Crippen LogP contribution < -0.4 is 5.32 Å². The van der Waals surface area contributed by atoms with Crippen molar-refractivity contribution in [2.24, 2.45) is 0 Å². The zero-order chi connectivity index (χ0) is 21.0. The number of carbonyl (C=O) groups excluding carboxylic acids is 4. The molecular formula is C22H21N3O4. The predicted octanol–water partition coefficient (Wildman–Crippen LogP) is 2.48. The van der Waals surface area contributed by atoms with E-state index < -0.39 is 12.3 Å². The minimum absolute atomic E-state index is 0.368. The molecule has 2 aliphatic rings. The fourth-order valence-electron chi connectivity index (χ4n) is 4.15. The van der Waals surface area contributed by atoms with E-state index in [0.717, 1.165) is 20.9 Å². The Morgan fingerprint density at radius 3 is 1.38 bits per heavy atom. The van der Waals surface area contributed by atoms with Crippen LogP contribution in [0.3, 0.4) is 0 Å². The Kier molecular flexibility index (Phi) is 4.35. The molecule has 2 atom stereocenters. The van der Waals surface area contributed by atoms with Gasteiger partial charge in [-0.1, -0.05) is 24.3 Å². The molecule has 4 rings (SSSR count). The second-order valence-corrected chi connectivity index (χ2v) is 7.47. The highest BCUT2D eigenvalue weighted by atomic mass is 16.2. The fourth-order valence-corrected chi connectivity index (χ4v) is 4.15. The Morgan fingerprint density at radius 1 is 0.655 bits per heavy atom. The predicted molar refractivity (Wildman–Crippen MR) is 105 cm³/mol. The molecule has 148 valence electrons. The second kappa shape index (κ2) is 6.63. The summed E-state index contributed by atoms with van der Waals surface area (Å²) >= 11 is 0. The average molecular weight is 391 g/mol. The molecule has 0 fully saturated rings. The lowest BCUT2D eigenvalue weighted by Crippen LogP contribution is -2.55. The molecule has 0 bridgehead atoms. The third kappa shape index (κ3) is 2.69. The molecule has 0 saturated heterocycles. The first-order valence-corrected chi connectivity index (χ1v) is 9.45. The Balaban J connectivity index is 1.57. The van der Waals surface area contributed by atoms with Crippen LogP contribution in [0.25, 0.3) is 0 Å². The van der Waals surface area contributed by atoms with Gasteiger partial charge in [-0.3, -0.25) is 34.3 Å². The number of amides is 4. The van der Waals surface area contributed by atoms with Crippen LogP contribution in [-0.4, -0.2) is 45.8 Å². The quantitative estimate of drug-likeness (QED) is 0.809. The first-order chi connectivity index (χ1) is 13.7. The number of imide groups is 2. The van der Waals surface area contributed by atoms with Gasteiger partial charge in [-0.25, -0.2) is 0 Å². The van der Waals surface area contributed by atoms with Crippen molar-refractivity contribution in [3.8, 4) is 0 Å². The SMILES string of the molecule is Cc1cccc2c1C(=O)N(C(C)NC(C)N1C(=O)c3cccc(C)c3C1=O)C2=O. The monoisotopic (exact) mass is 391 g/mol. The number of hydrogen-bond acceptors (Lipinski definition) is 5. The lowest BCUT2D eigenvalue weighted by Gasteiger charge is -2.30. The zero-order valence-electron chi connectivity index (χ0n) is 16.6. The maximum absolute atomic E-state index is 12.8. The van der Waals surface area contributed by atoms with Gasteiger partial charge in [0.05, 0.1) is 34.6 Å². The van der Waals surface area contributed by atoms with Crippen LogP contribution in [0.2, 0.25) is 0 Å². The van der Waals surface area contributed by atoms with Gasteiger partial charge in [0.1, 0.15) is 0 Å². The number of fused-ring (bicyclic) bond motifs is 2. The van der Waals surface area contributed by atoms with Gasteiger partial charge in [-0.15, -0.1) is 0 Å². The summed E-state index contributed by atoms with van der Waals surface area (Å²) in [6.07, 6.45) is -1.41. The smallest absolute Gasteiger partial charge is 0.263 e. The topological polar surface area (TPSA) is 86.8 Å². The van der Waals surface area contributed by atoms with Gasteiger partial charge in [-0.05, 0) is 51.0 Å². The van der Waals surface area contributed by atoms with Crippen molar-refractivity contribution in [3.63, 3.8) is 0 Å². The first kappa shape index (κ1) is 19.0. The van der Waals surface area contributed by atoms with Crippen molar-refractivity contribution >= 4 is 23.6 Å². The number of carbonyl (C=O) groups is 4. The van der Waals surface area contributed by atoms with Crippen LogP contribution in [0.5, 0.6) is 0 Å². The summed E-state index contributed by atoms with van der Waals surface area (Å²) in [4.78, 5) is 53.5. The zero-order valence-corrected chi connectivity index (χ0v) is 16.6. The van der Waals surface area contributed by atoms with E-state index in [9.17, 15) is 19.2 Å². The highest BCUT2D eigenvalue weighted by Gasteiger charge is 2.43. The van der Waals surface area contributed by atoms with E-state index in [1.807, 2.05) is 0 Å². The molecule has 7 nitrogen and oxygen atoms in total. The molecule has 0 spiro atoms. The van der Waals surface area contributed by atoms with Crippen molar-refractivity contribution < 1.29 is 19.2 Å². The summed E-state index contributed by atoms with van der Waals surface area (Å²) in [6, 6.07) is 10.3. The maximum Gasteiger partial charge on any atom is 0.263 e. The molecule has 2 aromatic rings. The minimum atomic E-state index is -0.706. The van der Waals surface area contributed by atoms with Gasteiger partial charge in [0.15, 0.2) is 0 Å². The van der Waals surface area contributed by atoms with E-state index in [2.05, 4.69) is 5.32 Å². The second-order valence-electron chi connectivity index (χ2n) is 7.47. The maximum atomic E-state index is 12.8. The molecule has 0 aliphatic carbocycles. The molecule has 4 amide bonds. The summed E-state index contributed by atoms with van der Waals surface area (Å²) in [6.45, 7) is 6.90. The van der Waals surface area contributed by atoms with Gasteiger partial charge < -0.3 is 0 Å². The summed E-state index contributed by atoms with van der Waals surface area (Å²) in [5, 5.41) is 3.06. The van der Waals surface area contributed by atoms with E-state index in [0.29, 0.717) is 22.3 Å². The van der Waals surface area contributed by atoms with Crippen molar-refractivity contribution in [2.45, 2.75) is 40.0 Å². The number of benzene rings is 2. The van der Waals surface area contributed by atoms with Crippen LogP contribution >= 0.6 is 0 Å². The first-order valence-electron chi connectivity index (χ1n) is 9.45. The molecule has 1 N–H and O–H groups in total. The summed E-state index contributed by atoms with van der Waals surface area (Å²) < 4.78 is 0. The Morgan fingerprint density at radius 2 is 1.03 bits per heavy atom. The average Bonchev–Trinajstić information content (AvgIpc) is 3.07. The number of hydrogen-bond donors (Lipinski definition) is 1. The van der Waals surface area contributed by atoms with Crippen LogP contribution in [0.4, 0.5) is 0 Å².